The number of rotatable bonds is 5. The smallest absolute Gasteiger partial charge is 0.229 e. The Kier molecular flexibility index (Phi) is 6.12. The minimum absolute atomic E-state index is 0.0620. The van der Waals surface area contributed by atoms with Crippen molar-refractivity contribution >= 4 is 40.1 Å². The molecule has 1 unspecified atom stereocenters. The van der Waals surface area contributed by atoms with Crippen LogP contribution < -0.4 is 10.6 Å². The van der Waals surface area contributed by atoms with E-state index in [0.717, 1.165) is 52.3 Å². The van der Waals surface area contributed by atoms with E-state index < -0.39 is 0 Å². The molecule has 1 aliphatic rings. The lowest BCUT2D eigenvalue weighted by Gasteiger charge is -2.39. The number of carbonyl (C=O) groups excluding carboxylic acids is 1. The molecule has 1 atom stereocenters. The van der Waals surface area contributed by atoms with Crippen molar-refractivity contribution in [2.24, 2.45) is 13.0 Å². The summed E-state index contributed by atoms with van der Waals surface area (Å²) in [6, 6.07) is 12.6. The number of fused-ring (bicyclic) bond motifs is 2. The average Bonchev–Trinajstić information content (AvgIpc) is 3.15. The van der Waals surface area contributed by atoms with E-state index in [1.54, 1.807) is 17.8 Å². The van der Waals surface area contributed by atoms with E-state index in [1.165, 1.54) is 11.1 Å². The highest BCUT2D eigenvalue weighted by molar-refractivity contribution is 5.90. The van der Waals surface area contributed by atoms with Crippen molar-refractivity contribution in [3.63, 3.8) is 0 Å². The van der Waals surface area contributed by atoms with Crippen molar-refractivity contribution in [3.8, 4) is 0 Å². The number of amides is 1. The predicted molar refractivity (Wildman–Crippen MR) is 144 cm³/mol. The number of nitrogens with one attached hydrogen (secondary N) is 2. The van der Waals surface area contributed by atoms with Gasteiger partial charge >= 0.3 is 0 Å². The summed E-state index contributed by atoms with van der Waals surface area (Å²) in [5, 5.41) is 12.4. The third-order valence-corrected chi connectivity index (χ3v) is 7.02. The molecule has 0 fully saturated rings. The van der Waals surface area contributed by atoms with Gasteiger partial charge in [-0.15, -0.1) is 0 Å². The first-order valence-corrected chi connectivity index (χ1v) is 12.4. The van der Waals surface area contributed by atoms with E-state index in [2.05, 4.69) is 84.8 Å². The quantitative estimate of drug-likeness (QED) is 0.386. The lowest BCUT2D eigenvalue weighted by atomic mass is 9.86. The molecule has 186 valence electrons. The Labute approximate surface area is 211 Å². The standard InChI is InChI=1S/C28H33N7O/c1-16(2)25-22-14-21(11-10-20(22)12-13-35(25)19(5)36)30-28-29-15-23-26(33-34(6)27(23)32-28)31-24-17(3)8-7-9-18(24)4/h7-11,14-16,25H,12-13H2,1-6H3,(H,31,33)(H,29,30,32). The Morgan fingerprint density at radius 1 is 1.11 bits per heavy atom. The summed E-state index contributed by atoms with van der Waals surface area (Å²) in [5.74, 6) is 1.67. The molecule has 3 heterocycles. The van der Waals surface area contributed by atoms with Gasteiger partial charge in [-0.05, 0) is 60.6 Å². The van der Waals surface area contributed by atoms with Gasteiger partial charge < -0.3 is 15.5 Å². The van der Waals surface area contributed by atoms with Crippen molar-refractivity contribution in [3.05, 3.63) is 64.8 Å². The predicted octanol–water partition coefficient (Wildman–Crippen LogP) is 5.57. The molecule has 4 aromatic rings. The largest absolute Gasteiger partial charge is 0.338 e. The van der Waals surface area contributed by atoms with E-state index in [0.29, 0.717) is 11.9 Å². The maximum absolute atomic E-state index is 12.3. The van der Waals surface area contributed by atoms with E-state index in [-0.39, 0.29) is 11.9 Å². The zero-order valence-electron chi connectivity index (χ0n) is 21.8. The maximum atomic E-state index is 12.3. The van der Waals surface area contributed by atoms with Crippen LogP contribution in [-0.4, -0.2) is 37.1 Å². The lowest BCUT2D eigenvalue weighted by molar-refractivity contribution is -0.132. The normalized spacial score (nSPS) is 15.3. The van der Waals surface area contributed by atoms with Crippen LogP contribution in [-0.2, 0) is 18.3 Å². The SMILES string of the molecule is CC(=O)N1CCc2ccc(Nc3ncc4c(Nc5c(C)cccc5C)nn(C)c4n3)cc2C1C(C)C. The number of para-hydroxylation sites is 1. The van der Waals surface area contributed by atoms with E-state index >= 15 is 0 Å². The molecular formula is C28H33N7O. The molecule has 2 aromatic heterocycles. The van der Waals surface area contributed by atoms with Gasteiger partial charge in [0.15, 0.2) is 11.5 Å². The van der Waals surface area contributed by atoms with Crippen LogP contribution in [0, 0.1) is 19.8 Å². The van der Waals surface area contributed by atoms with Crippen molar-refractivity contribution in [2.45, 2.75) is 47.1 Å². The number of carbonyl (C=O) groups is 1. The fraction of sp³-hybridized carbons (Fsp3) is 0.357. The summed E-state index contributed by atoms with van der Waals surface area (Å²) in [5.41, 5.74) is 7.49. The summed E-state index contributed by atoms with van der Waals surface area (Å²) < 4.78 is 1.77. The third-order valence-electron chi connectivity index (χ3n) is 7.02. The molecule has 8 nitrogen and oxygen atoms in total. The zero-order valence-corrected chi connectivity index (χ0v) is 21.8. The number of hydrogen-bond acceptors (Lipinski definition) is 6. The van der Waals surface area contributed by atoms with Gasteiger partial charge in [-0.3, -0.25) is 4.79 Å². The highest BCUT2D eigenvalue weighted by Gasteiger charge is 2.31. The van der Waals surface area contributed by atoms with Gasteiger partial charge in [0.05, 0.1) is 11.4 Å². The Balaban J connectivity index is 1.45. The number of aryl methyl sites for hydroxylation is 3. The molecular weight excluding hydrogens is 450 g/mol. The van der Waals surface area contributed by atoms with Gasteiger partial charge in [0.1, 0.15) is 0 Å². The zero-order chi connectivity index (χ0) is 25.6. The molecule has 8 heteroatoms. The van der Waals surface area contributed by atoms with Gasteiger partial charge in [0, 0.05) is 38.1 Å². The molecule has 0 saturated carbocycles. The maximum Gasteiger partial charge on any atom is 0.229 e. The number of benzene rings is 2. The number of hydrogen-bond donors (Lipinski definition) is 2. The van der Waals surface area contributed by atoms with Crippen molar-refractivity contribution in [2.75, 3.05) is 17.2 Å². The topological polar surface area (TPSA) is 88.0 Å². The Hall–Kier alpha value is -3.94. The number of aromatic nitrogens is 4. The molecule has 0 saturated heterocycles. The Morgan fingerprint density at radius 2 is 1.86 bits per heavy atom. The first-order chi connectivity index (χ1) is 17.2. The van der Waals surface area contributed by atoms with Crippen LogP contribution in [0.3, 0.4) is 0 Å². The average molecular weight is 484 g/mol. The lowest BCUT2D eigenvalue weighted by Crippen LogP contribution is -2.41. The minimum Gasteiger partial charge on any atom is -0.338 e. The van der Waals surface area contributed by atoms with E-state index in [1.807, 2.05) is 11.9 Å². The molecule has 1 amide bonds. The molecule has 2 N–H and O–H groups in total. The molecule has 0 bridgehead atoms. The van der Waals surface area contributed by atoms with Crippen LogP contribution in [0.25, 0.3) is 11.0 Å². The second-order valence-electron chi connectivity index (χ2n) is 9.98. The van der Waals surface area contributed by atoms with Crippen LogP contribution in [0.4, 0.5) is 23.1 Å². The summed E-state index contributed by atoms with van der Waals surface area (Å²) in [6.07, 6.45) is 2.67. The van der Waals surface area contributed by atoms with Crippen LogP contribution >= 0.6 is 0 Å². The van der Waals surface area contributed by atoms with Gasteiger partial charge in [-0.1, -0.05) is 38.1 Å². The highest BCUT2D eigenvalue weighted by atomic mass is 16.2. The van der Waals surface area contributed by atoms with Crippen LogP contribution in [0.15, 0.2) is 42.6 Å². The van der Waals surface area contributed by atoms with Gasteiger partial charge in [-0.25, -0.2) is 9.67 Å². The Bertz CT molecular complexity index is 1440. The molecule has 36 heavy (non-hydrogen) atoms. The first kappa shape index (κ1) is 23.8. The van der Waals surface area contributed by atoms with Gasteiger partial charge in [-0.2, -0.15) is 10.1 Å². The van der Waals surface area contributed by atoms with Crippen LogP contribution in [0.5, 0.6) is 0 Å². The summed E-state index contributed by atoms with van der Waals surface area (Å²) in [7, 11) is 1.89. The second kappa shape index (κ2) is 9.26. The molecule has 0 radical (unpaired) electrons. The minimum atomic E-state index is 0.0620. The van der Waals surface area contributed by atoms with Crippen LogP contribution in [0.2, 0.25) is 0 Å². The van der Waals surface area contributed by atoms with Gasteiger partial charge in [0.25, 0.3) is 0 Å². The molecule has 1 aliphatic heterocycles. The summed E-state index contributed by atoms with van der Waals surface area (Å²) in [6.45, 7) is 10.9. The molecule has 0 aliphatic carbocycles. The van der Waals surface area contributed by atoms with Crippen molar-refractivity contribution in [1.29, 1.82) is 0 Å². The molecule has 2 aromatic carbocycles. The van der Waals surface area contributed by atoms with Crippen molar-refractivity contribution in [1.82, 2.24) is 24.6 Å². The molecule has 5 rings (SSSR count). The van der Waals surface area contributed by atoms with E-state index in [4.69, 9.17) is 4.98 Å². The van der Waals surface area contributed by atoms with Crippen LogP contribution in [0.1, 0.15) is 49.1 Å². The fourth-order valence-corrected chi connectivity index (χ4v) is 5.25. The number of anilines is 4. The molecule has 0 spiro atoms. The second-order valence-corrected chi connectivity index (χ2v) is 9.98. The van der Waals surface area contributed by atoms with Crippen molar-refractivity contribution < 1.29 is 4.79 Å². The third kappa shape index (κ3) is 4.27. The first-order valence-electron chi connectivity index (χ1n) is 12.4. The van der Waals surface area contributed by atoms with E-state index in [9.17, 15) is 4.79 Å². The fourth-order valence-electron chi connectivity index (χ4n) is 5.25. The summed E-state index contributed by atoms with van der Waals surface area (Å²) in [4.78, 5) is 23.6. The Morgan fingerprint density at radius 3 is 2.56 bits per heavy atom. The highest BCUT2D eigenvalue weighted by Crippen LogP contribution is 2.37. The monoisotopic (exact) mass is 483 g/mol. The van der Waals surface area contributed by atoms with Gasteiger partial charge in [0.2, 0.25) is 11.9 Å². The number of nitrogens with zero attached hydrogens (tertiary/aromatic N) is 5. The summed E-state index contributed by atoms with van der Waals surface area (Å²) >= 11 is 0.